The molecule has 1 unspecified atom stereocenters. The maximum atomic E-state index is 12.4. The van der Waals surface area contributed by atoms with Gasteiger partial charge in [0.1, 0.15) is 6.54 Å². The van der Waals surface area contributed by atoms with Gasteiger partial charge in [0.25, 0.3) is 11.6 Å². The number of hydrogen-bond donors (Lipinski definition) is 2. The van der Waals surface area contributed by atoms with Gasteiger partial charge in [0.05, 0.1) is 16.9 Å². The lowest BCUT2D eigenvalue weighted by Gasteiger charge is -2.29. The fraction of sp³-hybridized carbons (Fsp3) is 0.500. The van der Waals surface area contributed by atoms with Crippen LogP contribution in [0.25, 0.3) is 0 Å². The first-order valence-corrected chi connectivity index (χ1v) is 8.70. The van der Waals surface area contributed by atoms with Crippen molar-refractivity contribution in [1.82, 2.24) is 10.6 Å². The number of nitrogens with one attached hydrogen (secondary N) is 2. The van der Waals surface area contributed by atoms with Gasteiger partial charge >= 0.3 is 0 Å². The number of carbonyl (C=O) groups is 2. The van der Waals surface area contributed by atoms with E-state index in [1.165, 1.54) is 24.3 Å². The number of carbonyl (C=O) groups excluding carboxylic acids is 2. The first-order valence-electron chi connectivity index (χ1n) is 8.70. The third kappa shape index (κ3) is 5.28. The van der Waals surface area contributed by atoms with Crippen LogP contribution in [0.3, 0.4) is 0 Å². The minimum Gasteiger partial charge on any atom is -0.351 e. The molecule has 138 valence electrons. The lowest BCUT2D eigenvalue weighted by molar-refractivity contribution is -0.384. The molecule has 1 aliphatic carbocycles. The van der Waals surface area contributed by atoms with E-state index in [-0.39, 0.29) is 36.2 Å². The van der Waals surface area contributed by atoms with Gasteiger partial charge in [-0.15, -0.1) is 0 Å². The van der Waals surface area contributed by atoms with Crippen LogP contribution in [-0.4, -0.2) is 29.8 Å². The molecule has 0 spiro atoms. The minimum atomic E-state index is -0.559. The van der Waals surface area contributed by atoms with Crippen molar-refractivity contribution in [2.75, 3.05) is 13.1 Å². The van der Waals surface area contributed by atoms with Crippen LogP contribution < -0.4 is 10.6 Å². The molecule has 1 atom stereocenters. The summed E-state index contributed by atoms with van der Waals surface area (Å²) in [5.74, 6) is -0.945. The Hall–Kier alpha value is -2.95. The highest BCUT2D eigenvalue weighted by atomic mass is 16.6. The molecule has 0 aliphatic heterocycles. The highest BCUT2D eigenvalue weighted by Crippen LogP contribution is 2.30. The first kappa shape index (κ1) is 19.4. The summed E-state index contributed by atoms with van der Waals surface area (Å²) in [7, 11) is 0. The van der Waals surface area contributed by atoms with E-state index in [4.69, 9.17) is 5.26 Å². The normalized spacial score (nSPS) is 15.5. The Balaban J connectivity index is 2.04. The smallest absolute Gasteiger partial charge is 0.270 e. The predicted molar refractivity (Wildman–Crippen MR) is 94.1 cm³/mol. The van der Waals surface area contributed by atoms with Gasteiger partial charge in [-0.2, -0.15) is 5.26 Å². The van der Waals surface area contributed by atoms with Crippen LogP contribution in [0.15, 0.2) is 24.3 Å². The molecule has 1 aliphatic rings. The SMILES string of the molecule is N#CCNC(=O)C(CNC(=O)c1cccc([N+](=O)[O-])c1)C1CCCCC1. The standard InChI is InChI=1S/C18H22N4O4/c19-9-10-20-18(24)16(13-5-2-1-3-6-13)12-21-17(23)14-7-4-8-15(11-14)22(25)26/h4,7-8,11,13,16H,1-3,5-6,10,12H2,(H,20,24)(H,21,23). The minimum absolute atomic E-state index is 0.0686. The monoisotopic (exact) mass is 358 g/mol. The molecular formula is C18H22N4O4. The second-order valence-corrected chi connectivity index (χ2v) is 6.40. The van der Waals surface area contributed by atoms with E-state index in [1.807, 2.05) is 6.07 Å². The molecule has 2 rings (SSSR count). The fourth-order valence-corrected chi connectivity index (χ4v) is 3.33. The maximum absolute atomic E-state index is 12.4. The van der Waals surface area contributed by atoms with E-state index in [1.54, 1.807) is 0 Å². The van der Waals surface area contributed by atoms with Crippen LogP contribution in [-0.2, 0) is 4.79 Å². The summed E-state index contributed by atoms with van der Waals surface area (Å²) in [5.41, 5.74) is 0.0206. The van der Waals surface area contributed by atoms with Crippen molar-refractivity contribution >= 4 is 17.5 Å². The molecule has 1 saturated carbocycles. The molecule has 1 aromatic rings. The summed E-state index contributed by atoms with van der Waals surface area (Å²) >= 11 is 0. The summed E-state index contributed by atoms with van der Waals surface area (Å²) in [6, 6.07) is 7.35. The van der Waals surface area contributed by atoms with Gasteiger partial charge in [-0.25, -0.2) is 0 Å². The van der Waals surface area contributed by atoms with E-state index < -0.39 is 16.7 Å². The van der Waals surface area contributed by atoms with Gasteiger partial charge < -0.3 is 10.6 Å². The molecule has 1 aromatic carbocycles. The summed E-state index contributed by atoms with van der Waals surface area (Å²) in [4.78, 5) is 35.0. The zero-order chi connectivity index (χ0) is 18.9. The van der Waals surface area contributed by atoms with E-state index in [0.717, 1.165) is 32.1 Å². The second-order valence-electron chi connectivity index (χ2n) is 6.40. The van der Waals surface area contributed by atoms with Crippen LogP contribution in [0.2, 0.25) is 0 Å². The number of rotatable bonds is 7. The molecule has 8 nitrogen and oxygen atoms in total. The first-order chi connectivity index (χ1) is 12.5. The van der Waals surface area contributed by atoms with Crippen LogP contribution in [0, 0.1) is 33.3 Å². The number of amides is 2. The molecule has 0 aromatic heterocycles. The summed E-state index contributed by atoms with van der Waals surface area (Å²) in [5, 5.41) is 24.8. The molecular weight excluding hydrogens is 336 g/mol. The zero-order valence-electron chi connectivity index (χ0n) is 14.4. The van der Waals surface area contributed by atoms with Crippen molar-refractivity contribution < 1.29 is 14.5 Å². The Morgan fingerprint density at radius 3 is 2.65 bits per heavy atom. The molecule has 0 bridgehead atoms. The topological polar surface area (TPSA) is 125 Å². The Morgan fingerprint density at radius 2 is 2.00 bits per heavy atom. The third-order valence-corrected chi connectivity index (χ3v) is 4.70. The summed E-state index contributed by atoms with van der Waals surface area (Å²) in [6.07, 6.45) is 5.06. The van der Waals surface area contributed by atoms with Gasteiger partial charge in [-0.05, 0) is 24.8 Å². The quantitative estimate of drug-likeness (QED) is 0.439. The fourth-order valence-electron chi connectivity index (χ4n) is 3.33. The van der Waals surface area contributed by atoms with Crippen molar-refractivity contribution in [1.29, 1.82) is 5.26 Å². The predicted octanol–water partition coefficient (Wildman–Crippen LogP) is 2.16. The van der Waals surface area contributed by atoms with Gasteiger partial charge in [0.15, 0.2) is 0 Å². The van der Waals surface area contributed by atoms with Crippen molar-refractivity contribution in [2.45, 2.75) is 32.1 Å². The lowest BCUT2D eigenvalue weighted by Crippen LogP contribution is -2.43. The number of benzene rings is 1. The van der Waals surface area contributed by atoms with E-state index in [2.05, 4.69) is 10.6 Å². The highest BCUT2D eigenvalue weighted by molar-refractivity contribution is 5.95. The largest absolute Gasteiger partial charge is 0.351 e. The number of nitriles is 1. The van der Waals surface area contributed by atoms with Crippen LogP contribution >= 0.6 is 0 Å². The Morgan fingerprint density at radius 1 is 1.27 bits per heavy atom. The van der Waals surface area contributed by atoms with Crippen molar-refractivity contribution in [3.05, 3.63) is 39.9 Å². The number of hydrogen-bond acceptors (Lipinski definition) is 5. The number of nitro groups is 1. The Kier molecular flexibility index (Phi) is 7.09. The zero-order valence-corrected chi connectivity index (χ0v) is 14.4. The van der Waals surface area contributed by atoms with Gasteiger partial charge in [-0.3, -0.25) is 19.7 Å². The van der Waals surface area contributed by atoms with Gasteiger partial charge in [0, 0.05) is 24.2 Å². The Labute approximate surface area is 151 Å². The van der Waals surface area contributed by atoms with E-state index >= 15 is 0 Å². The van der Waals surface area contributed by atoms with E-state index in [9.17, 15) is 19.7 Å². The average molecular weight is 358 g/mol. The average Bonchev–Trinajstić information content (AvgIpc) is 2.67. The highest BCUT2D eigenvalue weighted by Gasteiger charge is 2.30. The molecule has 1 fully saturated rings. The molecule has 8 heteroatoms. The van der Waals surface area contributed by atoms with Gasteiger partial charge in [-0.1, -0.05) is 25.3 Å². The Bertz CT molecular complexity index is 707. The number of nitrogens with zero attached hydrogens (tertiary/aromatic N) is 2. The molecule has 2 N–H and O–H groups in total. The molecule has 0 saturated heterocycles. The lowest BCUT2D eigenvalue weighted by atomic mass is 9.79. The van der Waals surface area contributed by atoms with Crippen molar-refractivity contribution in [3.63, 3.8) is 0 Å². The number of non-ortho nitro benzene ring substituents is 1. The van der Waals surface area contributed by atoms with Crippen LogP contribution in [0.4, 0.5) is 5.69 Å². The molecule has 0 radical (unpaired) electrons. The van der Waals surface area contributed by atoms with Crippen molar-refractivity contribution in [2.24, 2.45) is 11.8 Å². The molecule has 26 heavy (non-hydrogen) atoms. The maximum Gasteiger partial charge on any atom is 0.270 e. The van der Waals surface area contributed by atoms with Gasteiger partial charge in [0.2, 0.25) is 5.91 Å². The molecule has 2 amide bonds. The summed E-state index contributed by atoms with van der Waals surface area (Å²) in [6.45, 7) is 0.0737. The van der Waals surface area contributed by atoms with Crippen LogP contribution in [0.5, 0.6) is 0 Å². The van der Waals surface area contributed by atoms with Crippen LogP contribution in [0.1, 0.15) is 42.5 Å². The van der Waals surface area contributed by atoms with E-state index in [0.29, 0.717) is 0 Å². The van der Waals surface area contributed by atoms with Crippen molar-refractivity contribution in [3.8, 4) is 6.07 Å². The number of nitro benzene ring substituents is 1. The second kappa shape index (κ2) is 9.51. The molecule has 0 heterocycles. The summed E-state index contributed by atoms with van der Waals surface area (Å²) < 4.78 is 0. The third-order valence-electron chi connectivity index (χ3n) is 4.70.